The summed E-state index contributed by atoms with van der Waals surface area (Å²) in [5.41, 5.74) is -19.1. The van der Waals surface area contributed by atoms with Gasteiger partial charge in [0.05, 0.1) is 9.81 Å². The molecule has 0 bridgehead atoms. The normalized spacial score (nSPS) is 22.0. The average Bonchev–Trinajstić information content (AvgIpc) is 2.50. The lowest BCUT2D eigenvalue weighted by Gasteiger charge is -2.29. The number of rotatable bonds is 5. The SMILES string of the molecule is CC(=O)CC1C(S(=O)(=O)C(F)(F)F)=CC(S(=O)(=O)C(F)(F)F)C=C1S(=O)(=O)C(F)(F)F. The summed E-state index contributed by atoms with van der Waals surface area (Å²) in [6.07, 6.45) is -3.01. The minimum absolute atomic E-state index is 0.508. The number of carbonyl (C=O) groups excluding carboxylic acids is 1. The fraction of sp³-hybridized carbons (Fsp3) is 0.583. The van der Waals surface area contributed by atoms with Gasteiger partial charge in [-0.1, -0.05) is 0 Å². The third-order valence-electron chi connectivity index (χ3n) is 3.75. The van der Waals surface area contributed by atoms with Crippen LogP contribution in [-0.4, -0.2) is 52.8 Å². The summed E-state index contributed by atoms with van der Waals surface area (Å²) in [4.78, 5) is 6.40. The van der Waals surface area contributed by atoms with Crippen LogP contribution in [0.4, 0.5) is 39.5 Å². The molecule has 0 spiro atoms. The summed E-state index contributed by atoms with van der Waals surface area (Å²) in [5.74, 6) is -4.43. The summed E-state index contributed by atoms with van der Waals surface area (Å²) in [6, 6.07) is 0. The van der Waals surface area contributed by atoms with Crippen molar-refractivity contribution in [1.29, 1.82) is 0 Å². The molecule has 7 nitrogen and oxygen atoms in total. The Morgan fingerprint density at radius 2 is 1.06 bits per heavy atom. The van der Waals surface area contributed by atoms with Crippen molar-refractivity contribution in [2.24, 2.45) is 5.92 Å². The van der Waals surface area contributed by atoms with E-state index in [4.69, 9.17) is 0 Å². The summed E-state index contributed by atoms with van der Waals surface area (Å²) < 4.78 is 186. The number of allylic oxidation sites excluding steroid dienone is 2. The van der Waals surface area contributed by atoms with Crippen LogP contribution in [0.3, 0.4) is 0 Å². The third kappa shape index (κ3) is 4.91. The molecule has 1 aliphatic carbocycles. The summed E-state index contributed by atoms with van der Waals surface area (Å²) in [6.45, 7) is 0.508. The maximum Gasteiger partial charge on any atom is 0.501 e. The van der Waals surface area contributed by atoms with Gasteiger partial charge in [0.1, 0.15) is 11.0 Å². The predicted molar refractivity (Wildman–Crippen MR) is 83.7 cm³/mol. The molecule has 0 saturated heterocycles. The first-order chi connectivity index (χ1) is 13.4. The molecule has 19 heteroatoms. The molecule has 0 aromatic rings. The molecule has 0 aromatic heterocycles. The number of ketones is 1. The van der Waals surface area contributed by atoms with Crippen LogP contribution in [0, 0.1) is 5.92 Å². The number of Topliss-reactive ketones (excluding diaryl/α,β-unsaturated/α-hetero) is 1. The lowest BCUT2D eigenvalue weighted by molar-refractivity contribution is -0.117. The van der Waals surface area contributed by atoms with Gasteiger partial charge in [0, 0.05) is 12.3 Å². The van der Waals surface area contributed by atoms with Gasteiger partial charge < -0.3 is 0 Å². The monoisotopic (exact) mass is 532 g/mol. The molecule has 0 aromatic carbocycles. The van der Waals surface area contributed by atoms with Crippen LogP contribution in [0.25, 0.3) is 0 Å². The number of carbonyl (C=O) groups is 1. The van der Waals surface area contributed by atoms with E-state index in [9.17, 15) is 69.6 Å². The van der Waals surface area contributed by atoms with Crippen LogP contribution in [0.2, 0.25) is 0 Å². The van der Waals surface area contributed by atoms with Crippen molar-refractivity contribution in [2.45, 2.75) is 35.1 Å². The van der Waals surface area contributed by atoms with Gasteiger partial charge in [0.2, 0.25) is 0 Å². The van der Waals surface area contributed by atoms with Crippen LogP contribution in [0.15, 0.2) is 22.0 Å². The van der Waals surface area contributed by atoms with Gasteiger partial charge in [-0.2, -0.15) is 39.5 Å². The smallest absolute Gasteiger partial charge is 0.300 e. The van der Waals surface area contributed by atoms with Crippen molar-refractivity contribution in [2.75, 3.05) is 0 Å². The van der Waals surface area contributed by atoms with Gasteiger partial charge in [-0.15, -0.1) is 0 Å². The maximum atomic E-state index is 13.0. The van der Waals surface area contributed by atoms with Crippen LogP contribution >= 0.6 is 0 Å². The second-order valence-electron chi connectivity index (χ2n) is 5.95. The zero-order chi connectivity index (χ0) is 25.0. The fourth-order valence-corrected chi connectivity index (χ4v) is 5.95. The van der Waals surface area contributed by atoms with Crippen LogP contribution in [0.1, 0.15) is 13.3 Å². The van der Waals surface area contributed by atoms with E-state index in [0.29, 0.717) is 6.92 Å². The number of alkyl halides is 9. The van der Waals surface area contributed by atoms with Crippen LogP contribution in [0.5, 0.6) is 0 Å². The summed E-state index contributed by atoms with van der Waals surface area (Å²) in [7, 11) is -20.5. The Morgan fingerprint density at radius 3 is 1.29 bits per heavy atom. The van der Waals surface area contributed by atoms with Gasteiger partial charge in [0.15, 0.2) is 0 Å². The second kappa shape index (κ2) is 7.75. The van der Waals surface area contributed by atoms with Crippen LogP contribution < -0.4 is 0 Å². The number of halogens is 9. The molecule has 0 N–H and O–H groups in total. The second-order valence-corrected chi connectivity index (χ2v) is 11.9. The molecule has 0 aliphatic heterocycles. The van der Waals surface area contributed by atoms with Crippen LogP contribution in [-0.2, 0) is 34.3 Å². The summed E-state index contributed by atoms with van der Waals surface area (Å²) >= 11 is 0. The zero-order valence-corrected chi connectivity index (χ0v) is 17.0. The van der Waals surface area contributed by atoms with E-state index in [0.717, 1.165) is 0 Å². The van der Waals surface area contributed by atoms with E-state index >= 15 is 0 Å². The van der Waals surface area contributed by atoms with Gasteiger partial charge >= 0.3 is 16.5 Å². The molecule has 0 heterocycles. The molecule has 0 radical (unpaired) electrons. The molecule has 180 valence electrons. The zero-order valence-electron chi connectivity index (χ0n) is 14.5. The molecule has 31 heavy (non-hydrogen) atoms. The molecule has 0 unspecified atom stereocenters. The lowest BCUT2D eigenvalue weighted by Crippen LogP contribution is -2.40. The first kappa shape index (κ1) is 27.4. The van der Waals surface area contributed by atoms with Gasteiger partial charge in [-0.05, 0) is 19.1 Å². The largest absolute Gasteiger partial charge is 0.501 e. The van der Waals surface area contributed by atoms with Crippen molar-refractivity contribution in [3.05, 3.63) is 22.0 Å². The molecule has 0 amide bonds. The van der Waals surface area contributed by atoms with Gasteiger partial charge in [-0.3, -0.25) is 4.79 Å². The lowest BCUT2D eigenvalue weighted by atomic mass is 9.97. The first-order valence-electron chi connectivity index (χ1n) is 7.24. The molecular weight excluding hydrogens is 523 g/mol. The Bertz CT molecular complexity index is 1070. The Hall–Kier alpha value is -1.63. The van der Waals surface area contributed by atoms with Crippen molar-refractivity contribution < 1.29 is 69.6 Å². The minimum atomic E-state index is -6.87. The standard InChI is InChI=1S/C12H9F9O7S3/c1-5(22)2-7-8(30(25,26)11(16,17)18)3-6(29(23,24)10(13,14)15)4-9(7)31(27,28)12(19,20)21/h3-4,6-7H,2H2,1H3. The average molecular weight is 532 g/mol. The molecule has 1 aliphatic rings. The number of hydrogen-bond acceptors (Lipinski definition) is 7. The van der Waals surface area contributed by atoms with Crippen molar-refractivity contribution in [3.8, 4) is 0 Å². The molecular formula is C12H9F9O7S3. The quantitative estimate of drug-likeness (QED) is 0.500. The highest BCUT2D eigenvalue weighted by atomic mass is 32.2. The highest BCUT2D eigenvalue weighted by Gasteiger charge is 2.59. The van der Waals surface area contributed by atoms with E-state index in [1.54, 1.807) is 0 Å². The first-order valence-corrected chi connectivity index (χ1v) is 11.8. The van der Waals surface area contributed by atoms with Crippen molar-refractivity contribution in [1.82, 2.24) is 0 Å². The van der Waals surface area contributed by atoms with E-state index in [-0.39, 0.29) is 0 Å². The highest BCUT2D eigenvalue weighted by Crippen LogP contribution is 2.46. The Kier molecular flexibility index (Phi) is 6.85. The fourth-order valence-electron chi connectivity index (χ4n) is 2.39. The van der Waals surface area contributed by atoms with E-state index in [2.05, 4.69) is 0 Å². The topological polar surface area (TPSA) is 119 Å². The molecule has 0 atom stereocenters. The Morgan fingerprint density at radius 1 is 0.742 bits per heavy atom. The third-order valence-corrected chi connectivity index (χ3v) is 8.68. The van der Waals surface area contributed by atoms with E-state index in [1.165, 1.54) is 0 Å². The number of sulfone groups is 3. The van der Waals surface area contributed by atoms with E-state index < -0.39 is 91.4 Å². The minimum Gasteiger partial charge on any atom is -0.300 e. The molecule has 0 saturated carbocycles. The van der Waals surface area contributed by atoms with E-state index in [1.807, 2.05) is 0 Å². The van der Waals surface area contributed by atoms with Crippen molar-refractivity contribution in [3.63, 3.8) is 0 Å². The number of hydrogen-bond donors (Lipinski definition) is 0. The highest BCUT2D eigenvalue weighted by molar-refractivity contribution is 7.97. The predicted octanol–water partition coefficient (Wildman–Crippen LogP) is 2.54. The molecule has 0 fully saturated rings. The van der Waals surface area contributed by atoms with Gasteiger partial charge in [0.25, 0.3) is 29.5 Å². The summed E-state index contributed by atoms with van der Waals surface area (Å²) in [5, 5.41) is -3.57. The van der Waals surface area contributed by atoms with Gasteiger partial charge in [-0.25, -0.2) is 25.3 Å². The Balaban J connectivity index is 4.13. The molecule has 1 rings (SSSR count). The Labute approximate surface area is 168 Å². The van der Waals surface area contributed by atoms with Crippen molar-refractivity contribution >= 4 is 35.3 Å². The maximum absolute atomic E-state index is 13.0.